The predicted octanol–water partition coefficient (Wildman–Crippen LogP) is 4.65. The van der Waals surface area contributed by atoms with Crippen molar-refractivity contribution in [3.05, 3.63) is 65.4 Å². The molecule has 166 valence electrons. The molecule has 0 spiro atoms. The van der Waals surface area contributed by atoms with E-state index in [-0.39, 0.29) is 6.04 Å². The first-order chi connectivity index (χ1) is 14.5. The fraction of sp³-hybridized carbons (Fsp3) is 0.440. The Balaban J connectivity index is 1.76. The SMILES string of the molecule is CC(C)(C)OC(O)C1CCCc2c(Cc3ccc(S(C)(=O)=O)cc3)c3ccccc3n21. The number of hydrogen-bond acceptors (Lipinski definition) is 4. The van der Waals surface area contributed by atoms with E-state index in [4.69, 9.17) is 4.74 Å². The van der Waals surface area contributed by atoms with Gasteiger partial charge >= 0.3 is 0 Å². The van der Waals surface area contributed by atoms with E-state index in [0.717, 1.165) is 36.8 Å². The first-order valence-electron chi connectivity index (χ1n) is 10.8. The number of aromatic nitrogens is 1. The van der Waals surface area contributed by atoms with Gasteiger partial charge in [0, 0.05) is 22.9 Å². The third-order valence-electron chi connectivity index (χ3n) is 5.91. The van der Waals surface area contributed by atoms with Crippen LogP contribution in [0.15, 0.2) is 53.4 Å². The number of hydrogen-bond donors (Lipinski definition) is 1. The third-order valence-corrected chi connectivity index (χ3v) is 7.04. The zero-order chi connectivity index (χ0) is 22.4. The Morgan fingerprint density at radius 3 is 2.45 bits per heavy atom. The van der Waals surface area contributed by atoms with Gasteiger partial charge in [-0.25, -0.2) is 8.42 Å². The summed E-state index contributed by atoms with van der Waals surface area (Å²) in [6.45, 7) is 5.87. The molecule has 1 aliphatic heterocycles. The van der Waals surface area contributed by atoms with E-state index in [9.17, 15) is 13.5 Å². The number of aliphatic hydroxyl groups is 1. The Morgan fingerprint density at radius 2 is 1.81 bits per heavy atom. The molecule has 4 rings (SSSR count). The molecule has 31 heavy (non-hydrogen) atoms. The molecule has 5 nitrogen and oxygen atoms in total. The average molecular weight is 442 g/mol. The molecule has 0 fully saturated rings. The van der Waals surface area contributed by atoms with E-state index in [0.29, 0.717) is 4.90 Å². The van der Waals surface area contributed by atoms with Gasteiger partial charge in [-0.1, -0.05) is 30.3 Å². The third kappa shape index (κ3) is 4.56. The number of benzene rings is 2. The Kier molecular flexibility index (Phi) is 5.75. The first kappa shape index (κ1) is 22.1. The second-order valence-corrected chi connectivity index (χ2v) is 11.5. The second kappa shape index (κ2) is 8.08. The lowest BCUT2D eigenvalue weighted by Gasteiger charge is -2.34. The van der Waals surface area contributed by atoms with Gasteiger partial charge in [0.25, 0.3) is 0 Å². The minimum atomic E-state index is -3.21. The Morgan fingerprint density at radius 1 is 1.13 bits per heavy atom. The summed E-state index contributed by atoms with van der Waals surface area (Å²) >= 11 is 0. The zero-order valence-corrected chi connectivity index (χ0v) is 19.4. The maximum Gasteiger partial charge on any atom is 0.176 e. The minimum absolute atomic E-state index is 0.130. The van der Waals surface area contributed by atoms with Crippen molar-refractivity contribution in [3.8, 4) is 0 Å². The van der Waals surface area contributed by atoms with E-state index in [1.165, 1.54) is 22.9 Å². The number of ether oxygens (including phenoxy) is 1. The molecule has 0 saturated carbocycles. The predicted molar refractivity (Wildman–Crippen MR) is 123 cm³/mol. The molecule has 6 heteroatoms. The minimum Gasteiger partial charge on any atom is -0.366 e. The largest absolute Gasteiger partial charge is 0.366 e. The van der Waals surface area contributed by atoms with Crippen LogP contribution < -0.4 is 0 Å². The molecule has 0 amide bonds. The standard InChI is InChI=1S/C25H31NO4S/c1-25(2,3)30-24(27)23-11-7-10-22-20(19-8-5-6-9-21(19)26(22)23)16-17-12-14-18(15-13-17)31(4,28)29/h5-6,8-9,12-15,23-24,27H,7,10-11,16H2,1-4H3. The molecule has 2 atom stereocenters. The summed E-state index contributed by atoms with van der Waals surface area (Å²) in [5, 5.41) is 12.1. The summed E-state index contributed by atoms with van der Waals surface area (Å²) in [6, 6.07) is 15.3. The van der Waals surface area contributed by atoms with Crippen molar-refractivity contribution < 1.29 is 18.3 Å². The summed E-state index contributed by atoms with van der Waals surface area (Å²) in [5.41, 5.74) is 4.24. The molecule has 0 saturated heterocycles. The number of para-hydroxylation sites is 1. The van der Waals surface area contributed by atoms with Crippen LogP contribution in [0.3, 0.4) is 0 Å². The monoisotopic (exact) mass is 441 g/mol. The fourth-order valence-electron chi connectivity index (χ4n) is 4.61. The van der Waals surface area contributed by atoms with Crippen LogP contribution in [0.5, 0.6) is 0 Å². The van der Waals surface area contributed by atoms with Gasteiger partial charge < -0.3 is 14.4 Å². The van der Waals surface area contributed by atoms with Gasteiger partial charge in [-0.2, -0.15) is 0 Å². The molecule has 1 N–H and O–H groups in total. The van der Waals surface area contributed by atoms with Crippen molar-refractivity contribution in [2.45, 2.75) is 69.3 Å². The van der Waals surface area contributed by atoms with Crippen molar-refractivity contribution in [3.63, 3.8) is 0 Å². The Labute approximate surface area is 184 Å². The van der Waals surface area contributed by atoms with Crippen LogP contribution in [0.2, 0.25) is 0 Å². The molecule has 1 aliphatic rings. The lowest BCUT2D eigenvalue weighted by Crippen LogP contribution is -2.36. The Bertz CT molecular complexity index is 1190. The number of sulfone groups is 1. The van der Waals surface area contributed by atoms with Crippen molar-refractivity contribution in [2.75, 3.05) is 6.26 Å². The molecule has 2 heterocycles. The molecule has 0 aliphatic carbocycles. The highest BCUT2D eigenvalue weighted by atomic mass is 32.2. The van der Waals surface area contributed by atoms with Gasteiger partial charge in [0.1, 0.15) is 0 Å². The lowest BCUT2D eigenvalue weighted by atomic mass is 9.96. The highest BCUT2D eigenvalue weighted by Gasteiger charge is 2.33. The molecular weight excluding hydrogens is 410 g/mol. The molecule has 2 aromatic carbocycles. The van der Waals surface area contributed by atoms with Gasteiger partial charge in [-0.05, 0) is 75.8 Å². The van der Waals surface area contributed by atoms with E-state index in [1.807, 2.05) is 45.0 Å². The molecule has 0 bridgehead atoms. The summed E-state index contributed by atoms with van der Waals surface area (Å²) in [6.07, 6.45) is 3.87. The quantitative estimate of drug-likeness (QED) is 0.586. The highest BCUT2D eigenvalue weighted by molar-refractivity contribution is 7.90. The summed E-state index contributed by atoms with van der Waals surface area (Å²) in [7, 11) is -3.21. The van der Waals surface area contributed by atoms with Crippen LogP contribution in [0.25, 0.3) is 10.9 Å². The van der Waals surface area contributed by atoms with Crippen LogP contribution in [0.1, 0.15) is 56.5 Å². The number of aliphatic hydroxyl groups excluding tert-OH is 1. The lowest BCUT2D eigenvalue weighted by molar-refractivity contribution is -0.189. The van der Waals surface area contributed by atoms with Crippen molar-refractivity contribution >= 4 is 20.7 Å². The number of nitrogens with zero attached hydrogens (tertiary/aromatic N) is 1. The molecule has 0 radical (unpaired) electrons. The summed E-state index contributed by atoms with van der Waals surface area (Å²) < 4.78 is 31.8. The van der Waals surface area contributed by atoms with Crippen LogP contribution in [-0.2, 0) is 27.4 Å². The van der Waals surface area contributed by atoms with Gasteiger partial charge in [0.15, 0.2) is 16.1 Å². The maximum atomic E-state index is 11.8. The normalized spacial score (nSPS) is 18.2. The molecule has 3 aromatic rings. The van der Waals surface area contributed by atoms with Gasteiger partial charge in [-0.3, -0.25) is 0 Å². The summed E-state index contributed by atoms with van der Waals surface area (Å²) in [5.74, 6) is 0. The smallest absolute Gasteiger partial charge is 0.176 e. The molecule has 2 unspecified atom stereocenters. The van der Waals surface area contributed by atoms with Crippen molar-refractivity contribution in [2.24, 2.45) is 0 Å². The van der Waals surface area contributed by atoms with Crippen molar-refractivity contribution in [1.29, 1.82) is 0 Å². The highest BCUT2D eigenvalue weighted by Crippen LogP contribution is 2.39. The average Bonchev–Trinajstić information content (AvgIpc) is 3.00. The second-order valence-electron chi connectivity index (χ2n) is 9.49. The number of fused-ring (bicyclic) bond motifs is 3. The van der Waals surface area contributed by atoms with Gasteiger partial charge in [-0.15, -0.1) is 0 Å². The molecule has 1 aromatic heterocycles. The van der Waals surface area contributed by atoms with Crippen LogP contribution in [0.4, 0.5) is 0 Å². The topological polar surface area (TPSA) is 68.5 Å². The number of rotatable bonds is 5. The summed E-state index contributed by atoms with van der Waals surface area (Å²) in [4.78, 5) is 0.336. The fourth-order valence-corrected chi connectivity index (χ4v) is 5.24. The van der Waals surface area contributed by atoms with Crippen LogP contribution in [-0.4, -0.2) is 36.2 Å². The van der Waals surface area contributed by atoms with Crippen LogP contribution in [0, 0.1) is 0 Å². The van der Waals surface area contributed by atoms with E-state index < -0.39 is 21.7 Å². The zero-order valence-electron chi connectivity index (χ0n) is 18.6. The van der Waals surface area contributed by atoms with Crippen molar-refractivity contribution in [1.82, 2.24) is 4.57 Å². The van der Waals surface area contributed by atoms with Gasteiger partial charge in [0.2, 0.25) is 0 Å². The van der Waals surface area contributed by atoms with Gasteiger partial charge in [0.05, 0.1) is 16.5 Å². The Hall–Kier alpha value is -2.15. The first-order valence-corrected chi connectivity index (χ1v) is 12.7. The van der Waals surface area contributed by atoms with E-state index in [2.05, 4.69) is 16.7 Å². The van der Waals surface area contributed by atoms with Crippen LogP contribution >= 0.6 is 0 Å². The maximum absolute atomic E-state index is 11.8. The van der Waals surface area contributed by atoms with E-state index >= 15 is 0 Å². The van der Waals surface area contributed by atoms with E-state index in [1.54, 1.807) is 12.1 Å². The molecular formula is C25H31NO4S.